The molecule has 4 nitrogen and oxygen atoms in total. The van der Waals surface area contributed by atoms with Gasteiger partial charge in [-0.05, 0) is 44.0 Å². The number of nitriles is 1. The average Bonchev–Trinajstić information content (AvgIpc) is 2.52. The lowest BCUT2D eigenvalue weighted by Crippen LogP contribution is -2.15. The number of halogens is 1. The van der Waals surface area contributed by atoms with Gasteiger partial charge in [-0.15, -0.1) is 0 Å². The summed E-state index contributed by atoms with van der Waals surface area (Å²) in [6, 6.07) is 12.9. The van der Waals surface area contributed by atoms with Gasteiger partial charge in [0.05, 0.1) is 10.7 Å². The van der Waals surface area contributed by atoms with Gasteiger partial charge in [-0.25, -0.2) is 0 Å². The van der Waals surface area contributed by atoms with Crippen LogP contribution in [0.15, 0.2) is 48.2 Å². The van der Waals surface area contributed by atoms with Crippen molar-refractivity contribution in [3.8, 4) is 6.07 Å². The molecule has 0 heterocycles. The highest BCUT2D eigenvalue weighted by Crippen LogP contribution is 2.23. The van der Waals surface area contributed by atoms with Gasteiger partial charge in [0, 0.05) is 11.9 Å². The molecule has 2 aromatic carbocycles. The largest absolute Gasteiger partial charge is 0.360 e. The Balaban J connectivity index is 2.20. The third kappa shape index (κ3) is 4.15. The van der Waals surface area contributed by atoms with E-state index in [1.54, 1.807) is 24.3 Å². The Kier molecular flexibility index (Phi) is 5.62. The van der Waals surface area contributed by atoms with Crippen molar-refractivity contribution in [2.24, 2.45) is 0 Å². The second-order valence-corrected chi connectivity index (χ2v) is 5.93. The summed E-state index contributed by atoms with van der Waals surface area (Å²) in [6.45, 7) is 5.98. The van der Waals surface area contributed by atoms with Crippen LogP contribution in [-0.4, -0.2) is 5.91 Å². The Morgan fingerprint density at radius 1 is 1.17 bits per heavy atom. The molecule has 0 aliphatic carbocycles. The predicted molar refractivity (Wildman–Crippen MR) is 98.1 cm³/mol. The first-order valence-electron chi connectivity index (χ1n) is 7.43. The Bertz CT molecular complexity index is 827. The highest BCUT2D eigenvalue weighted by Gasteiger charge is 2.11. The summed E-state index contributed by atoms with van der Waals surface area (Å²) in [7, 11) is 0. The van der Waals surface area contributed by atoms with Gasteiger partial charge >= 0.3 is 0 Å². The fourth-order valence-corrected chi connectivity index (χ4v) is 2.64. The van der Waals surface area contributed by atoms with Gasteiger partial charge in [0.2, 0.25) is 0 Å². The van der Waals surface area contributed by atoms with Gasteiger partial charge in [0.1, 0.15) is 11.6 Å². The average molecular weight is 340 g/mol. The van der Waals surface area contributed by atoms with E-state index in [2.05, 4.69) is 10.6 Å². The number of hydrogen-bond donors (Lipinski definition) is 2. The summed E-state index contributed by atoms with van der Waals surface area (Å²) < 4.78 is 0. The van der Waals surface area contributed by atoms with E-state index >= 15 is 0 Å². The number of amides is 1. The second-order valence-electron chi connectivity index (χ2n) is 5.52. The van der Waals surface area contributed by atoms with Crippen LogP contribution in [0.2, 0.25) is 5.02 Å². The molecule has 0 saturated carbocycles. The summed E-state index contributed by atoms with van der Waals surface area (Å²) in [5, 5.41) is 15.4. The smallest absolute Gasteiger partial charge is 0.267 e. The van der Waals surface area contributed by atoms with Crippen molar-refractivity contribution in [3.05, 3.63) is 69.9 Å². The zero-order valence-electron chi connectivity index (χ0n) is 13.8. The highest BCUT2D eigenvalue weighted by atomic mass is 35.5. The molecule has 5 heteroatoms. The summed E-state index contributed by atoms with van der Waals surface area (Å²) in [4.78, 5) is 12.2. The van der Waals surface area contributed by atoms with Crippen LogP contribution in [0, 0.1) is 32.1 Å². The lowest BCUT2D eigenvalue weighted by atomic mass is 10.1. The monoisotopic (exact) mass is 339 g/mol. The fourth-order valence-electron chi connectivity index (χ4n) is 2.45. The summed E-state index contributed by atoms with van der Waals surface area (Å²) >= 11 is 6.01. The SMILES string of the molecule is Cc1cc(C)c(N/C=C(/C#N)C(=O)Nc2ccccc2Cl)c(C)c1. The summed E-state index contributed by atoms with van der Waals surface area (Å²) in [6.07, 6.45) is 1.41. The van der Waals surface area contributed by atoms with Crippen LogP contribution in [-0.2, 0) is 4.79 Å². The Morgan fingerprint density at radius 3 is 2.38 bits per heavy atom. The third-order valence-corrected chi connectivity index (χ3v) is 3.85. The minimum absolute atomic E-state index is 0.0331. The molecule has 2 N–H and O–H groups in total. The molecule has 0 saturated heterocycles. The number of nitrogens with one attached hydrogen (secondary N) is 2. The van der Waals surface area contributed by atoms with Gasteiger partial charge in [-0.2, -0.15) is 5.26 Å². The van der Waals surface area contributed by atoms with E-state index in [9.17, 15) is 10.1 Å². The van der Waals surface area contributed by atoms with Crippen LogP contribution in [0.4, 0.5) is 11.4 Å². The first kappa shape index (κ1) is 17.6. The second kappa shape index (κ2) is 7.67. The van der Waals surface area contributed by atoms with Crippen molar-refractivity contribution in [3.63, 3.8) is 0 Å². The van der Waals surface area contributed by atoms with Crippen LogP contribution in [0.3, 0.4) is 0 Å². The maximum Gasteiger partial charge on any atom is 0.267 e. The molecule has 1 amide bonds. The quantitative estimate of drug-likeness (QED) is 0.625. The highest BCUT2D eigenvalue weighted by molar-refractivity contribution is 6.33. The number of rotatable bonds is 4. The molecule has 122 valence electrons. The lowest BCUT2D eigenvalue weighted by molar-refractivity contribution is -0.112. The fraction of sp³-hybridized carbons (Fsp3) is 0.158. The molecule has 0 fully saturated rings. The molecule has 0 spiro atoms. The molecule has 0 aliphatic rings. The summed E-state index contributed by atoms with van der Waals surface area (Å²) in [5.41, 5.74) is 4.58. The number of carbonyl (C=O) groups is 1. The molecule has 0 atom stereocenters. The molecule has 24 heavy (non-hydrogen) atoms. The number of hydrogen-bond acceptors (Lipinski definition) is 3. The molecule has 0 aromatic heterocycles. The van der Waals surface area contributed by atoms with E-state index in [4.69, 9.17) is 11.6 Å². The summed E-state index contributed by atoms with van der Waals surface area (Å²) in [5.74, 6) is -0.513. The zero-order valence-corrected chi connectivity index (χ0v) is 14.5. The van der Waals surface area contributed by atoms with E-state index < -0.39 is 5.91 Å². The van der Waals surface area contributed by atoms with E-state index in [-0.39, 0.29) is 5.57 Å². The van der Waals surface area contributed by atoms with Crippen LogP contribution < -0.4 is 10.6 Å². The van der Waals surface area contributed by atoms with Crippen molar-refractivity contribution in [2.75, 3.05) is 10.6 Å². The van der Waals surface area contributed by atoms with Crippen molar-refractivity contribution in [1.82, 2.24) is 0 Å². The van der Waals surface area contributed by atoms with Gasteiger partial charge in [0.15, 0.2) is 0 Å². The van der Waals surface area contributed by atoms with Crippen molar-refractivity contribution in [1.29, 1.82) is 5.26 Å². The molecule has 2 rings (SSSR count). The molecular formula is C19H18ClN3O. The molecule has 2 aromatic rings. The van der Waals surface area contributed by atoms with Crippen LogP contribution in [0.5, 0.6) is 0 Å². The number of carbonyl (C=O) groups excluding carboxylic acids is 1. The minimum atomic E-state index is -0.513. The lowest BCUT2D eigenvalue weighted by Gasteiger charge is -2.11. The van der Waals surface area contributed by atoms with Crippen LogP contribution >= 0.6 is 11.6 Å². The predicted octanol–water partition coefficient (Wildman–Crippen LogP) is 4.72. The first-order chi connectivity index (χ1) is 11.4. The molecule has 0 aliphatic heterocycles. The van der Waals surface area contributed by atoms with Crippen molar-refractivity contribution < 1.29 is 4.79 Å². The molecule has 0 unspecified atom stereocenters. The molecule has 0 radical (unpaired) electrons. The Hall–Kier alpha value is -2.77. The number of para-hydroxylation sites is 1. The number of nitrogens with zero attached hydrogens (tertiary/aromatic N) is 1. The van der Waals surface area contributed by atoms with Crippen molar-refractivity contribution in [2.45, 2.75) is 20.8 Å². The molecule has 0 bridgehead atoms. The Labute approximate surface area is 146 Å². The number of anilines is 2. The van der Waals surface area contributed by atoms with Crippen LogP contribution in [0.25, 0.3) is 0 Å². The van der Waals surface area contributed by atoms with E-state index in [0.717, 1.165) is 22.4 Å². The van der Waals surface area contributed by atoms with E-state index in [1.165, 1.54) is 6.20 Å². The van der Waals surface area contributed by atoms with Gasteiger partial charge in [-0.1, -0.05) is 41.4 Å². The minimum Gasteiger partial charge on any atom is -0.360 e. The maximum atomic E-state index is 12.2. The number of benzene rings is 2. The maximum absolute atomic E-state index is 12.2. The van der Waals surface area contributed by atoms with E-state index in [1.807, 2.05) is 39.0 Å². The van der Waals surface area contributed by atoms with E-state index in [0.29, 0.717) is 10.7 Å². The standard InChI is InChI=1S/C19H18ClN3O/c1-12-8-13(2)18(14(3)9-12)22-11-15(10-21)19(24)23-17-7-5-4-6-16(17)20/h4-9,11,22H,1-3H3,(H,23,24)/b15-11-. The topological polar surface area (TPSA) is 64.9 Å². The Morgan fingerprint density at radius 2 is 1.79 bits per heavy atom. The normalized spacial score (nSPS) is 10.9. The van der Waals surface area contributed by atoms with Gasteiger partial charge < -0.3 is 10.6 Å². The molecular weight excluding hydrogens is 322 g/mol. The first-order valence-corrected chi connectivity index (χ1v) is 7.80. The zero-order chi connectivity index (χ0) is 17.7. The van der Waals surface area contributed by atoms with Crippen molar-refractivity contribution >= 4 is 28.9 Å². The third-order valence-electron chi connectivity index (χ3n) is 3.53. The van der Waals surface area contributed by atoms with Gasteiger partial charge in [-0.3, -0.25) is 4.79 Å². The van der Waals surface area contributed by atoms with Gasteiger partial charge in [0.25, 0.3) is 5.91 Å². The van der Waals surface area contributed by atoms with Crippen LogP contribution in [0.1, 0.15) is 16.7 Å². The number of aryl methyl sites for hydroxylation is 3.